The van der Waals surface area contributed by atoms with Gasteiger partial charge in [0.15, 0.2) is 0 Å². The average molecular weight is 324 g/mol. The van der Waals surface area contributed by atoms with Crippen molar-refractivity contribution in [1.82, 2.24) is 5.32 Å². The van der Waals surface area contributed by atoms with E-state index in [1.54, 1.807) is 0 Å². The van der Waals surface area contributed by atoms with E-state index in [2.05, 4.69) is 40.3 Å². The van der Waals surface area contributed by atoms with Crippen LogP contribution in [0.4, 0.5) is 0 Å². The SMILES string of the molecule is CC1CCCC1C(=O)NC(CBr)Cc1ccccc1. The number of carbonyl (C=O) groups is 1. The number of nitrogens with one attached hydrogen (secondary N) is 1. The highest BCUT2D eigenvalue weighted by atomic mass is 79.9. The number of hydrogen-bond acceptors (Lipinski definition) is 1. The fourth-order valence-corrected chi connectivity index (χ4v) is 3.28. The zero-order valence-electron chi connectivity index (χ0n) is 11.4. The monoisotopic (exact) mass is 323 g/mol. The Morgan fingerprint density at radius 1 is 1.37 bits per heavy atom. The van der Waals surface area contributed by atoms with Crippen LogP contribution in [0.5, 0.6) is 0 Å². The van der Waals surface area contributed by atoms with Crippen molar-refractivity contribution in [2.75, 3.05) is 5.33 Å². The van der Waals surface area contributed by atoms with Gasteiger partial charge in [-0.15, -0.1) is 0 Å². The Morgan fingerprint density at radius 2 is 2.11 bits per heavy atom. The molecule has 1 N–H and O–H groups in total. The van der Waals surface area contributed by atoms with Crippen LogP contribution in [0.3, 0.4) is 0 Å². The molecule has 1 amide bonds. The van der Waals surface area contributed by atoms with Crippen LogP contribution in [0.2, 0.25) is 0 Å². The molecule has 1 aromatic carbocycles. The summed E-state index contributed by atoms with van der Waals surface area (Å²) < 4.78 is 0. The standard InChI is InChI=1S/C16H22BrNO/c1-12-6-5-9-15(12)16(19)18-14(11-17)10-13-7-3-2-4-8-13/h2-4,7-8,12,14-15H,5-6,9-11H2,1H3,(H,18,19). The van der Waals surface area contributed by atoms with Crippen LogP contribution in [-0.4, -0.2) is 17.3 Å². The van der Waals surface area contributed by atoms with E-state index in [0.29, 0.717) is 5.92 Å². The van der Waals surface area contributed by atoms with E-state index in [-0.39, 0.29) is 17.9 Å². The van der Waals surface area contributed by atoms with Crippen molar-refractivity contribution < 1.29 is 4.79 Å². The predicted octanol–water partition coefficient (Wildman–Crippen LogP) is 3.55. The minimum Gasteiger partial charge on any atom is -0.352 e. The molecule has 3 unspecified atom stereocenters. The average Bonchev–Trinajstić information content (AvgIpc) is 2.85. The van der Waals surface area contributed by atoms with Crippen LogP contribution < -0.4 is 5.32 Å². The molecule has 0 aliphatic heterocycles. The minimum absolute atomic E-state index is 0.183. The largest absolute Gasteiger partial charge is 0.352 e. The molecule has 2 rings (SSSR count). The molecular formula is C16H22BrNO. The maximum Gasteiger partial charge on any atom is 0.223 e. The van der Waals surface area contributed by atoms with Gasteiger partial charge in [0.25, 0.3) is 0 Å². The van der Waals surface area contributed by atoms with Crippen molar-refractivity contribution in [2.45, 2.75) is 38.6 Å². The molecule has 0 aromatic heterocycles. The minimum atomic E-state index is 0.183. The second-order valence-electron chi connectivity index (χ2n) is 5.56. The summed E-state index contributed by atoms with van der Waals surface area (Å²) in [5.74, 6) is 0.996. The van der Waals surface area contributed by atoms with E-state index >= 15 is 0 Å². The molecule has 3 heteroatoms. The summed E-state index contributed by atoms with van der Waals surface area (Å²) in [4.78, 5) is 12.3. The van der Waals surface area contributed by atoms with Crippen molar-refractivity contribution in [1.29, 1.82) is 0 Å². The van der Waals surface area contributed by atoms with Crippen LogP contribution in [0.1, 0.15) is 31.7 Å². The van der Waals surface area contributed by atoms with E-state index in [0.717, 1.165) is 18.2 Å². The van der Waals surface area contributed by atoms with Crippen LogP contribution >= 0.6 is 15.9 Å². The lowest BCUT2D eigenvalue weighted by atomic mass is 9.96. The lowest BCUT2D eigenvalue weighted by Gasteiger charge is -2.21. The molecule has 1 aliphatic rings. The zero-order valence-corrected chi connectivity index (χ0v) is 13.0. The number of alkyl halides is 1. The fraction of sp³-hybridized carbons (Fsp3) is 0.562. The zero-order chi connectivity index (χ0) is 13.7. The maximum atomic E-state index is 12.3. The van der Waals surface area contributed by atoms with Gasteiger partial charge in [0.1, 0.15) is 0 Å². The van der Waals surface area contributed by atoms with Gasteiger partial charge < -0.3 is 5.32 Å². The van der Waals surface area contributed by atoms with E-state index in [4.69, 9.17) is 0 Å². The van der Waals surface area contributed by atoms with Gasteiger partial charge in [-0.2, -0.15) is 0 Å². The Morgan fingerprint density at radius 3 is 2.68 bits per heavy atom. The third-order valence-corrected chi connectivity index (χ3v) is 4.84. The highest BCUT2D eigenvalue weighted by Crippen LogP contribution is 2.31. The van der Waals surface area contributed by atoms with E-state index < -0.39 is 0 Å². The Hall–Kier alpha value is -0.830. The third kappa shape index (κ3) is 4.07. The lowest BCUT2D eigenvalue weighted by molar-refractivity contribution is -0.126. The van der Waals surface area contributed by atoms with E-state index in [1.807, 2.05) is 18.2 Å². The summed E-state index contributed by atoms with van der Waals surface area (Å²) >= 11 is 3.51. The number of benzene rings is 1. The van der Waals surface area contributed by atoms with Gasteiger partial charge in [0.05, 0.1) is 0 Å². The summed E-state index contributed by atoms with van der Waals surface area (Å²) in [5, 5.41) is 4.00. The number of hydrogen-bond donors (Lipinski definition) is 1. The summed E-state index contributed by atoms with van der Waals surface area (Å²) in [6, 6.07) is 10.5. The quantitative estimate of drug-likeness (QED) is 0.825. The Labute approximate surface area is 124 Å². The molecule has 3 atom stereocenters. The van der Waals surface area contributed by atoms with Crippen molar-refractivity contribution in [3.05, 3.63) is 35.9 Å². The molecule has 19 heavy (non-hydrogen) atoms. The Balaban J connectivity index is 1.90. The van der Waals surface area contributed by atoms with E-state index in [9.17, 15) is 4.79 Å². The second kappa shape index (κ2) is 7.09. The number of amides is 1. The van der Waals surface area contributed by atoms with Crippen LogP contribution in [0, 0.1) is 11.8 Å². The van der Waals surface area contributed by atoms with Gasteiger partial charge in [-0.1, -0.05) is 59.6 Å². The first kappa shape index (κ1) is 14.6. The van der Waals surface area contributed by atoms with Gasteiger partial charge in [-0.3, -0.25) is 4.79 Å². The normalized spacial score (nSPS) is 24.1. The molecule has 1 saturated carbocycles. The predicted molar refractivity (Wildman–Crippen MR) is 82.4 cm³/mol. The van der Waals surface area contributed by atoms with Gasteiger partial charge in [-0.25, -0.2) is 0 Å². The summed E-state index contributed by atoms with van der Waals surface area (Å²) in [7, 11) is 0. The second-order valence-corrected chi connectivity index (χ2v) is 6.21. The van der Waals surface area contributed by atoms with Gasteiger partial charge >= 0.3 is 0 Å². The fourth-order valence-electron chi connectivity index (χ4n) is 2.89. The molecule has 0 bridgehead atoms. The van der Waals surface area contributed by atoms with Crippen molar-refractivity contribution in [2.24, 2.45) is 11.8 Å². The molecule has 0 spiro atoms. The number of rotatable bonds is 5. The van der Waals surface area contributed by atoms with Gasteiger partial charge in [0.2, 0.25) is 5.91 Å². The van der Waals surface area contributed by atoms with Crippen molar-refractivity contribution in [3.63, 3.8) is 0 Å². The van der Waals surface area contributed by atoms with Crippen LogP contribution in [-0.2, 0) is 11.2 Å². The van der Waals surface area contributed by atoms with Crippen LogP contribution in [0.25, 0.3) is 0 Å². The smallest absolute Gasteiger partial charge is 0.223 e. The highest BCUT2D eigenvalue weighted by molar-refractivity contribution is 9.09. The first-order valence-corrected chi connectivity index (χ1v) is 8.23. The highest BCUT2D eigenvalue weighted by Gasteiger charge is 2.30. The van der Waals surface area contributed by atoms with Gasteiger partial charge in [-0.05, 0) is 30.7 Å². The maximum absolute atomic E-state index is 12.3. The van der Waals surface area contributed by atoms with Gasteiger partial charge in [0, 0.05) is 17.3 Å². The lowest BCUT2D eigenvalue weighted by Crippen LogP contribution is -2.41. The number of halogens is 1. The van der Waals surface area contributed by atoms with Crippen molar-refractivity contribution in [3.8, 4) is 0 Å². The first-order chi connectivity index (χ1) is 9.20. The Bertz CT molecular complexity index is 406. The molecule has 0 heterocycles. The number of carbonyl (C=O) groups excluding carboxylic acids is 1. The molecule has 104 valence electrons. The molecule has 1 fully saturated rings. The molecule has 2 nitrogen and oxygen atoms in total. The van der Waals surface area contributed by atoms with Crippen LogP contribution in [0.15, 0.2) is 30.3 Å². The molecular weight excluding hydrogens is 302 g/mol. The topological polar surface area (TPSA) is 29.1 Å². The molecule has 0 radical (unpaired) electrons. The summed E-state index contributed by atoms with van der Waals surface area (Å²) in [6.45, 7) is 2.19. The van der Waals surface area contributed by atoms with Crippen molar-refractivity contribution >= 4 is 21.8 Å². The summed E-state index contributed by atoms with van der Waals surface area (Å²) in [6.07, 6.45) is 4.32. The molecule has 1 aromatic rings. The van der Waals surface area contributed by atoms with E-state index in [1.165, 1.54) is 18.4 Å². The Kier molecular flexibility index (Phi) is 5.44. The summed E-state index contributed by atoms with van der Waals surface area (Å²) in [5.41, 5.74) is 1.27. The molecule has 0 saturated heterocycles. The third-order valence-electron chi connectivity index (χ3n) is 4.06. The first-order valence-electron chi connectivity index (χ1n) is 7.11. The molecule has 1 aliphatic carbocycles.